The third kappa shape index (κ3) is 6.41. The number of para-hydroxylation sites is 1. The lowest BCUT2D eigenvalue weighted by molar-refractivity contribution is -0.140. The fraction of sp³-hybridized carbons (Fsp3) is 0.188. The van der Waals surface area contributed by atoms with E-state index in [-0.39, 0.29) is 30.3 Å². The van der Waals surface area contributed by atoms with Crippen molar-refractivity contribution in [3.05, 3.63) is 119 Å². The van der Waals surface area contributed by atoms with E-state index in [1.165, 1.54) is 43.5 Å². The zero-order valence-electron chi connectivity index (χ0n) is 23.0. The number of methoxy groups -OCH3 is 1. The second-order valence-electron chi connectivity index (χ2n) is 10.0. The Hall–Kier alpha value is -4.64. The number of fused-ring (bicyclic) bond motifs is 1. The van der Waals surface area contributed by atoms with E-state index in [4.69, 9.17) is 0 Å². The molecule has 222 valence electrons. The summed E-state index contributed by atoms with van der Waals surface area (Å²) in [6.07, 6.45) is -4.22. The van der Waals surface area contributed by atoms with Crippen LogP contribution in [0.25, 0.3) is 11.1 Å². The van der Waals surface area contributed by atoms with Crippen LogP contribution in [0.2, 0.25) is 0 Å². The number of anilines is 1. The number of amides is 1. The van der Waals surface area contributed by atoms with E-state index < -0.39 is 33.7 Å². The lowest BCUT2D eigenvalue weighted by atomic mass is 10.0. The lowest BCUT2D eigenvalue weighted by Gasteiger charge is -2.26. The van der Waals surface area contributed by atoms with Gasteiger partial charge in [-0.1, -0.05) is 66.7 Å². The third-order valence-corrected chi connectivity index (χ3v) is 9.07. The summed E-state index contributed by atoms with van der Waals surface area (Å²) in [7, 11) is -2.92. The zero-order valence-corrected chi connectivity index (χ0v) is 23.8. The van der Waals surface area contributed by atoms with Gasteiger partial charge in [0.15, 0.2) is 0 Å². The van der Waals surface area contributed by atoms with Crippen LogP contribution in [0.15, 0.2) is 102 Å². The van der Waals surface area contributed by atoms with Crippen molar-refractivity contribution in [1.29, 1.82) is 0 Å². The molecule has 11 heteroatoms. The molecule has 0 fully saturated rings. The van der Waals surface area contributed by atoms with Gasteiger partial charge in [-0.3, -0.25) is 13.9 Å². The van der Waals surface area contributed by atoms with Crippen LogP contribution < -0.4 is 9.62 Å². The maximum absolute atomic E-state index is 13.9. The molecule has 1 aliphatic rings. The summed E-state index contributed by atoms with van der Waals surface area (Å²) in [6.45, 7) is 0.143. The van der Waals surface area contributed by atoms with Crippen molar-refractivity contribution in [3.63, 3.8) is 0 Å². The van der Waals surface area contributed by atoms with E-state index in [0.717, 1.165) is 27.6 Å². The molecule has 0 bridgehead atoms. The molecule has 43 heavy (non-hydrogen) atoms. The molecular weight excluding hydrogens is 581 g/mol. The Bertz CT molecular complexity index is 1760. The summed E-state index contributed by atoms with van der Waals surface area (Å²) in [6, 6.07) is 23.2. The molecule has 0 aliphatic carbocycles. The predicted octanol–water partition coefficient (Wildman–Crippen LogP) is 5.52. The maximum Gasteiger partial charge on any atom is 0.416 e. The number of esters is 1. The molecule has 1 N–H and O–H groups in total. The van der Waals surface area contributed by atoms with E-state index in [9.17, 15) is 31.2 Å². The predicted molar refractivity (Wildman–Crippen MR) is 154 cm³/mol. The Morgan fingerprint density at radius 2 is 1.56 bits per heavy atom. The number of hydrogen-bond acceptors (Lipinski definition) is 5. The Morgan fingerprint density at radius 1 is 0.884 bits per heavy atom. The second kappa shape index (κ2) is 11.9. The number of rotatable bonds is 8. The largest absolute Gasteiger partial charge is 0.469 e. The monoisotopic (exact) mass is 608 g/mol. The summed E-state index contributed by atoms with van der Waals surface area (Å²) in [5, 5.41) is 2.82. The third-order valence-electron chi connectivity index (χ3n) is 7.23. The van der Waals surface area contributed by atoms with E-state index >= 15 is 0 Å². The molecule has 4 aromatic carbocycles. The van der Waals surface area contributed by atoms with Gasteiger partial charge in [-0.05, 0) is 58.1 Å². The molecule has 0 saturated heterocycles. The Balaban J connectivity index is 1.37. The zero-order chi connectivity index (χ0) is 30.8. The van der Waals surface area contributed by atoms with Crippen molar-refractivity contribution in [3.8, 4) is 11.1 Å². The highest BCUT2D eigenvalue weighted by Crippen LogP contribution is 2.38. The number of sulfonamides is 1. The number of nitrogens with one attached hydrogen (secondary N) is 1. The number of carbonyl (C=O) groups is 2. The normalized spacial score (nSPS) is 14.7. The average molecular weight is 609 g/mol. The van der Waals surface area contributed by atoms with Crippen LogP contribution in [0.5, 0.6) is 0 Å². The number of halogens is 3. The molecule has 1 amide bonds. The van der Waals surface area contributed by atoms with Crippen LogP contribution in [-0.4, -0.2) is 33.4 Å². The van der Waals surface area contributed by atoms with Crippen molar-refractivity contribution in [2.45, 2.75) is 36.5 Å². The first kappa shape index (κ1) is 29.8. The van der Waals surface area contributed by atoms with E-state index in [1.54, 1.807) is 48.5 Å². The molecule has 1 heterocycles. The van der Waals surface area contributed by atoms with Gasteiger partial charge in [0.25, 0.3) is 10.0 Å². The van der Waals surface area contributed by atoms with Crippen LogP contribution in [0.4, 0.5) is 18.9 Å². The number of ether oxygens (including phenoxy) is 1. The molecule has 0 saturated carbocycles. The number of alkyl halides is 3. The number of carbonyl (C=O) groups excluding carboxylic acids is 2. The molecular formula is C32H27F3N2O5S. The molecule has 7 nitrogen and oxygen atoms in total. The van der Waals surface area contributed by atoms with Gasteiger partial charge >= 0.3 is 12.1 Å². The van der Waals surface area contributed by atoms with Gasteiger partial charge in [-0.2, -0.15) is 13.2 Å². The van der Waals surface area contributed by atoms with E-state index in [2.05, 4.69) is 10.1 Å². The summed E-state index contributed by atoms with van der Waals surface area (Å²) in [5.41, 5.74) is 2.50. The van der Waals surface area contributed by atoms with Crippen molar-refractivity contribution >= 4 is 27.6 Å². The quantitative estimate of drug-likeness (QED) is 0.266. The summed E-state index contributed by atoms with van der Waals surface area (Å²) < 4.78 is 73.2. The van der Waals surface area contributed by atoms with Crippen molar-refractivity contribution in [2.24, 2.45) is 0 Å². The minimum Gasteiger partial charge on any atom is -0.469 e. The van der Waals surface area contributed by atoms with E-state index in [0.29, 0.717) is 22.4 Å². The van der Waals surface area contributed by atoms with Gasteiger partial charge in [0.2, 0.25) is 5.91 Å². The molecule has 1 atom stereocenters. The first-order valence-corrected chi connectivity index (χ1v) is 14.7. The highest BCUT2D eigenvalue weighted by Gasteiger charge is 2.42. The molecule has 0 spiro atoms. The van der Waals surface area contributed by atoms with Gasteiger partial charge in [0.1, 0.15) is 6.04 Å². The van der Waals surface area contributed by atoms with Gasteiger partial charge < -0.3 is 10.1 Å². The van der Waals surface area contributed by atoms with Crippen LogP contribution in [0, 0.1) is 0 Å². The fourth-order valence-corrected chi connectivity index (χ4v) is 6.63. The minimum atomic E-state index is -4.51. The van der Waals surface area contributed by atoms with Crippen molar-refractivity contribution in [2.75, 3.05) is 11.4 Å². The first-order valence-electron chi connectivity index (χ1n) is 13.3. The summed E-state index contributed by atoms with van der Waals surface area (Å²) >= 11 is 0. The highest BCUT2D eigenvalue weighted by molar-refractivity contribution is 7.93. The van der Waals surface area contributed by atoms with Gasteiger partial charge in [0, 0.05) is 13.0 Å². The summed E-state index contributed by atoms with van der Waals surface area (Å²) in [4.78, 5) is 24.8. The Labute approximate surface area is 247 Å². The highest BCUT2D eigenvalue weighted by atomic mass is 32.2. The van der Waals surface area contributed by atoms with Crippen LogP contribution in [-0.2, 0) is 49.9 Å². The van der Waals surface area contributed by atoms with Gasteiger partial charge in [0.05, 0.1) is 29.7 Å². The molecule has 1 aliphatic heterocycles. The van der Waals surface area contributed by atoms with Crippen LogP contribution in [0.3, 0.4) is 0 Å². The van der Waals surface area contributed by atoms with Crippen molar-refractivity contribution < 1.29 is 35.9 Å². The number of benzene rings is 4. The van der Waals surface area contributed by atoms with Gasteiger partial charge in [-0.15, -0.1) is 0 Å². The average Bonchev–Trinajstić information content (AvgIpc) is 3.41. The Kier molecular flexibility index (Phi) is 8.27. The number of hydrogen-bond donors (Lipinski definition) is 1. The van der Waals surface area contributed by atoms with Crippen LogP contribution >= 0.6 is 0 Å². The van der Waals surface area contributed by atoms with E-state index in [1.807, 2.05) is 0 Å². The minimum absolute atomic E-state index is 0.0982. The fourth-order valence-electron chi connectivity index (χ4n) is 4.98. The lowest BCUT2D eigenvalue weighted by Crippen LogP contribution is -2.47. The van der Waals surface area contributed by atoms with Gasteiger partial charge in [-0.25, -0.2) is 8.42 Å². The standard InChI is InChI=1S/C32H27F3N2O5S/c1-42-30(38)17-21-9-11-22(12-10-21)20-36-31(39)29-19-25-5-2-3-8-28(25)37(29)43(40,41)27-15-13-23(14-16-27)24-6-4-7-26(18-24)32(33,34)35/h2-16,18,29H,17,19-20H2,1H3,(H,36,39)/t29-/m0/s1. The molecule has 5 rings (SSSR count). The smallest absolute Gasteiger partial charge is 0.416 e. The van der Waals surface area contributed by atoms with Crippen LogP contribution in [0.1, 0.15) is 22.3 Å². The number of nitrogens with zero attached hydrogens (tertiary/aromatic N) is 1. The Morgan fingerprint density at radius 3 is 2.23 bits per heavy atom. The van der Waals surface area contributed by atoms with Crippen molar-refractivity contribution in [1.82, 2.24) is 5.32 Å². The first-order chi connectivity index (χ1) is 20.5. The topological polar surface area (TPSA) is 92.8 Å². The maximum atomic E-state index is 13.9. The SMILES string of the molecule is COC(=O)Cc1ccc(CNC(=O)[C@@H]2Cc3ccccc3N2S(=O)(=O)c2ccc(-c3cccc(C(F)(F)F)c3)cc2)cc1. The summed E-state index contributed by atoms with van der Waals surface area (Å²) in [5.74, 6) is -0.854. The molecule has 4 aromatic rings. The molecule has 0 unspecified atom stereocenters. The second-order valence-corrected chi connectivity index (χ2v) is 11.9. The molecule has 0 radical (unpaired) electrons. The molecule has 0 aromatic heterocycles.